The third-order valence-electron chi connectivity index (χ3n) is 1.79. The molecule has 0 spiro atoms. The molecule has 1 unspecified atom stereocenters. The van der Waals surface area contributed by atoms with Crippen molar-refractivity contribution in [3.63, 3.8) is 0 Å². The largest absolute Gasteiger partial charge is 0.285 e. The summed E-state index contributed by atoms with van der Waals surface area (Å²) in [4.78, 5) is 0. The maximum absolute atomic E-state index is 10.4. The summed E-state index contributed by atoms with van der Waals surface area (Å²) in [5, 5.41) is -0.623. The summed E-state index contributed by atoms with van der Waals surface area (Å²) in [6, 6.07) is 0. The number of rotatable bonds is 5. The van der Waals surface area contributed by atoms with E-state index in [0.29, 0.717) is 12.8 Å². The molecule has 0 bridgehead atoms. The van der Waals surface area contributed by atoms with Gasteiger partial charge in [-0.1, -0.05) is 13.8 Å². The molecule has 16 heavy (non-hydrogen) atoms. The Hall–Kier alpha value is -0.180. The van der Waals surface area contributed by atoms with E-state index < -0.39 is 25.5 Å². The van der Waals surface area contributed by atoms with E-state index in [1.165, 1.54) is 14.0 Å². The molecule has 1 N–H and O–H groups in total. The standard InChI is InChI=1S/2C4H10O3S/c1-3-4-8(5,6)7-2;1-3-4(2)8(5,6)7/h3-4H2,1-2H3;4H,3H2,1-2H3,(H,5,6,7). The molecule has 0 saturated heterocycles. The lowest BCUT2D eigenvalue weighted by atomic mass is 10.4. The second-order valence-electron chi connectivity index (χ2n) is 3.16. The van der Waals surface area contributed by atoms with E-state index >= 15 is 0 Å². The zero-order valence-electron chi connectivity index (χ0n) is 10.0. The van der Waals surface area contributed by atoms with E-state index in [4.69, 9.17) is 4.55 Å². The van der Waals surface area contributed by atoms with Gasteiger partial charge in [0.1, 0.15) is 0 Å². The molecule has 0 amide bonds. The van der Waals surface area contributed by atoms with Crippen molar-refractivity contribution in [3.05, 3.63) is 0 Å². The van der Waals surface area contributed by atoms with Crippen LogP contribution in [-0.2, 0) is 24.4 Å². The predicted molar refractivity (Wildman–Crippen MR) is 62.4 cm³/mol. The average Bonchev–Trinajstić information content (AvgIpc) is 2.16. The molecule has 0 heterocycles. The predicted octanol–water partition coefficient (Wildman–Crippen LogP) is 1.05. The van der Waals surface area contributed by atoms with Crippen LogP contribution in [0.4, 0.5) is 0 Å². The van der Waals surface area contributed by atoms with Gasteiger partial charge in [0.15, 0.2) is 0 Å². The van der Waals surface area contributed by atoms with Crippen LogP contribution < -0.4 is 0 Å². The highest BCUT2D eigenvalue weighted by Crippen LogP contribution is 2.00. The van der Waals surface area contributed by atoms with Gasteiger partial charge >= 0.3 is 0 Å². The van der Waals surface area contributed by atoms with Gasteiger partial charge in [-0.05, 0) is 19.8 Å². The molecule has 0 rings (SSSR count). The fraction of sp³-hybridized carbons (Fsp3) is 1.00. The summed E-state index contributed by atoms with van der Waals surface area (Å²) in [5.41, 5.74) is 0. The smallest absolute Gasteiger partial charge is 0.267 e. The monoisotopic (exact) mass is 276 g/mol. The highest BCUT2D eigenvalue weighted by atomic mass is 32.2. The Morgan fingerprint density at radius 1 is 1.19 bits per heavy atom. The van der Waals surface area contributed by atoms with Gasteiger partial charge in [0.2, 0.25) is 0 Å². The van der Waals surface area contributed by atoms with E-state index in [1.807, 2.05) is 0 Å². The summed E-state index contributed by atoms with van der Waals surface area (Å²) in [7, 11) is -5.75. The Labute approximate surface area is 97.9 Å². The molecule has 0 radical (unpaired) electrons. The average molecular weight is 276 g/mol. The van der Waals surface area contributed by atoms with Crippen molar-refractivity contribution in [2.75, 3.05) is 12.9 Å². The van der Waals surface area contributed by atoms with Gasteiger partial charge in [0, 0.05) is 0 Å². The van der Waals surface area contributed by atoms with Crippen molar-refractivity contribution in [3.8, 4) is 0 Å². The first-order chi connectivity index (χ1) is 7.10. The zero-order chi connectivity index (χ0) is 13.4. The lowest BCUT2D eigenvalue weighted by Gasteiger charge is -2.00. The Kier molecular flexibility index (Phi) is 9.09. The molecular formula is C8H20O6S2. The molecule has 6 nitrogen and oxygen atoms in total. The highest BCUT2D eigenvalue weighted by molar-refractivity contribution is 7.86. The van der Waals surface area contributed by atoms with Crippen LogP contribution in [0.1, 0.15) is 33.6 Å². The van der Waals surface area contributed by atoms with Crippen LogP contribution in [0.15, 0.2) is 0 Å². The van der Waals surface area contributed by atoms with Crippen LogP contribution >= 0.6 is 0 Å². The van der Waals surface area contributed by atoms with Crippen molar-refractivity contribution < 1.29 is 25.6 Å². The van der Waals surface area contributed by atoms with Crippen LogP contribution in [0.25, 0.3) is 0 Å². The van der Waals surface area contributed by atoms with E-state index in [0.717, 1.165) is 0 Å². The van der Waals surface area contributed by atoms with Crippen LogP contribution in [0, 0.1) is 0 Å². The Balaban J connectivity index is 0. The highest BCUT2D eigenvalue weighted by Gasteiger charge is 2.13. The molecule has 0 aliphatic carbocycles. The molecule has 8 heteroatoms. The second kappa shape index (κ2) is 7.99. The molecule has 0 fully saturated rings. The molecule has 1 atom stereocenters. The summed E-state index contributed by atoms with van der Waals surface area (Å²) < 4.78 is 53.4. The van der Waals surface area contributed by atoms with Gasteiger partial charge in [0.25, 0.3) is 20.2 Å². The molecule has 0 aromatic heterocycles. The zero-order valence-corrected chi connectivity index (χ0v) is 11.6. The van der Waals surface area contributed by atoms with Crippen LogP contribution in [-0.4, -0.2) is 39.5 Å². The van der Waals surface area contributed by atoms with Crippen molar-refractivity contribution >= 4 is 20.2 Å². The first kappa shape index (κ1) is 18.2. The Morgan fingerprint density at radius 3 is 1.69 bits per heavy atom. The van der Waals surface area contributed by atoms with Crippen LogP contribution in [0.5, 0.6) is 0 Å². The molecular weight excluding hydrogens is 256 g/mol. The second-order valence-corrected chi connectivity index (χ2v) is 6.85. The fourth-order valence-corrected chi connectivity index (χ4v) is 1.63. The number of hydrogen-bond acceptors (Lipinski definition) is 5. The molecule has 100 valence electrons. The van der Waals surface area contributed by atoms with Crippen LogP contribution in [0.2, 0.25) is 0 Å². The van der Waals surface area contributed by atoms with Crippen LogP contribution in [0.3, 0.4) is 0 Å². The molecule has 0 aliphatic heterocycles. The molecule has 0 aromatic carbocycles. The van der Waals surface area contributed by atoms with E-state index in [1.54, 1.807) is 13.8 Å². The minimum absolute atomic E-state index is 0.115. The summed E-state index contributed by atoms with van der Waals surface area (Å²) in [6.45, 7) is 4.96. The Bertz CT molecular complexity index is 344. The summed E-state index contributed by atoms with van der Waals surface area (Å²) >= 11 is 0. The molecule has 0 aliphatic rings. The van der Waals surface area contributed by atoms with Gasteiger partial charge < -0.3 is 0 Å². The first-order valence-corrected chi connectivity index (χ1v) is 7.93. The number of hydrogen-bond donors (Lipinski definition) is 1. The topological polar surface area (TPSA) is 97.7 Å². The SMILES string of the molecule is CCC(C)S(=O)(=O)O.CCCS(=O)(=O)OC. The van der Waals surface area contributed by atoms with Gasteiger partial charge in [-0.3, -0.25) is 8.74 Å². The van der Waals surface area contributed by atoms with E-state index in [-0.39, 0.29) is 5.75 Å². The van der Waals surface area contributed by atoms with Gasteiger partial charge in [-0.25, -0.2) is 0 Å². The molecule has 0 saturated carbocycles. The minimum Gasteiger partial charge on any atom is -0.285 e. The third-order valence-corrected chi connectivity index (χ3v) is 4.56. The van der Waals surface area contributed by atoms with Crippen molar-refractivity contribution in [2.45, 2.75) is 38.9 Å². The van der Waals surface area contributed by atoms with Crippen molar-refractivity contribution in [2.24, 2.45) is 0 Å². The van der Waals surface area contributed by atoms with Gasteiger partial charge in [0.05, 0.1) is 18.1 Å². The maximum Gasteiger partial charge on any atom is 0.267 e. The quantitative estimate of drug-likeness (QED) is 0.595. The fourth-order valence-electron chi connectivity index (χ4n) is 0.544. The Morgan fingerprint density at radius 2 is 1.62 bits per heavy atom. The normalized spacial score (nSPS) is 13.8. The summed E-state index contributed by atoms with van der Waals surface area (Å²) in [6.07, 6.45) is 1.06. The van der Waals surface area contributed by atoms with Crippen molar-refractivity contribution in [1.82, 2.24) is 0 Å². The van der Waals surface area contributed by atoms with E-state index in [2.05, 4.69) is 4.18 Å². The lowest BCUT2D eigenvalue weighted by Crippen LogP contribution is -2.14. The summed E-state index contributed by atoms with van der Waals surface area (Å²) in [5.74, 6) is 0.115. The van der Waals surface area contributed by atoms with Gasteiger partial charge in [-0.2, -0.15) is 16.8 Å². The third kappa shape index (κ3) is 10.3. The lowest BCUT2D eigenvalue weighted by molar-refractivity contribution is 0.397. The first-order valence-electron chi connectivity index (χ1n) is 4.85. The minimum atomic E-state index is -3.75. The molecule has 0 aromatic rings. The maximum atomic E-state index is 10.4. The van der Waals surface area contributed by atoms with E-state index in [9.17, 15) is 16.8 Å². The van der Waals surface area contributed by atoms with Crippen molar-refractivity contribution in [1.29, 1.82) is 0 Å². The van der Waals surface area contributed by atoms with Gasteiger partial charge in [-0.15, -0.1) is 0 Å².